The number of rotatable bonds is 3. The zero-order chi connectivity index (χ0) is 13.3. The van der Waals surface area contributed by atoms with E-state index in [1.807, 2.05) is 0 Å². The van der Waals surface area contributed by atoms with Crippen molar-refractivity contribution in [3.63, 3.8) is 0 Å². The highest BCUT2D eigenvalue weighted by molar-refractivity contribution is 5.45. The Morgan fingerprint density at radius 3 is 2.56 bits per heavy atom. The summed E-state index contributed by atoms with van der Waals surface area (Å²) < 4.78 is 5.53. The molecule has 2 N–H and O–H groups in total. The van der Waals surface area contributed by atoms with Crippen molar-refractivity contribution in [3.8, 4) is 5.75 Å². The average Bonchev–Trinajstić information content (AvgIpc) is 2.74. The second-order valence-corrected chi connectivity index (χ2v) is 5.90. The molecular formula is C16H25NO. The number of hydrogen-bond acceptors (Lipinski definition) is 2. The number of nitrogens with two attached hydrogens (primary N) is 1. The maximum atomic E-state index is 6.51. The molecule has 0 heterocycles. The second kappa shape index (κ2) is 5.31. The summed E-state index contributed by atoms with van der Waals surface area (Å²) in [6.07, 6.45) is 3.81. The summed E-state index contributed by atoms with van der Waals surface area (Å²) in [5.74, 6) is 2.38. The average molecular weight is 247 g/mol. The van der Waals surface area contributed by atoms with E-state index in [1.165, 1.54) is 36.0 Å². The van der Waals surface area contributed by atoms with Crippen molar-refractivity contribution in [3.05, 3.63) is 28.8 Å². The molecule has 3 atom stereocenters. The number of aryl methyl sites for hydroxylation is 2. The molecule has 2 heteroatoms. The number of benzene rings is 1. The van der Waals surface area contributed by atoms with Crippen LogP contribution < -0.4 is 10.5 Å². The lowest BCUT2D eigenvalue weighted by Crippen LogP contribution is -2.21. The molecule has 0 amide bonds. The van der Waals surface area contributed by atoms with Gasteiger partial charge in [-0.15, -0.1) is 0 Å². The Morgan fingerprint density at radius 2 is 2.00 bits per heavy atom. The predicted octanol–water partition coefficient (Wildman–Crippen LogP) is 3.75. The van der Waals surface area contributed by atoms with Gasteiger partial charge < -0.3 is 10.5 Å². The Bertz CT molecular complexity index is 427. The minimum Gasteiger partial charge on any atom is -0.496 e. The van der Waals surface area contributed by atoms with Gasteiger partial charge in [0.05, 0.1) is 7.11 Å². The number of ether oxygens (including phenoxy) is 1. The summed E-state index contributed by atoms with van der Waals surface area (Å²) >= 11 is 0. The van der Waals surface area contributed by atoms with Crippen LogP contribution in [0.15, 0.2) is 12.1 Å². The Balaban J connectivity index is 2.32. The van der Waals surface area contributed by atoms with Gasteiger partial charge in [-0.25, -0.2) is 0 Å². The normalized spacial score (nSPS) is 25.2. The van der Waals surface area contributed by atoms with Crippen molar-refractivity contribution >= 4 is 0 Å². The maximum absolute atomic E-state index is 6.51. The van der Waals surface area contributed by atoms with Crippen LogP contribution in [0.1, 0.15) is 48.9 Å². The van der Waals surface area contributed by atoms with E-state index in [4.69, 9.17) is 10.5 Å². The summed E-state index contributed by atoms with van der Waals surface area (Å²) in [5.41, 5.74) is 10.2. The van der Waals surface area contributed by atoms with Gasteiger partial charge in [0.25, 0.3) is 0 Å². The second-order valence-electron chi connectivity index (χ2n) is 5.90. The van der Waals surface area contributed by atoms with Gasteiger partial charge in [-0.3, -0.25) is 0 Å². The molecule has 1 aromatic rings. The van der Waals surface area contributed by atoms with E-state index in [0.29, 0.717) is 5.92 Å². The van der Waals surface area contributed by atoms with Crippen LogP contribution in [0.5, 0.6) is 5.75 Å². The topological polar surface area (TPSA) is 35.2 Å². The molecular weight excluding hydrogens is 222 g/mol. The highest BCUT2D eigenvalue weighted by atomic mass is 16.5. The van der Waals surface area contributed by atoms with Crippen LogP contribution in [-0.2, 0) is 0 Å². The van der Waals surface area contributed by atoms with E-state index in [0.717, 1.165) is 11.7 Å². The fraction of sp³-hybridized carbons (Fsp3) is 0.625. The summed E-state index contributed by atoms with van der Waals surface area (Å²) in [5, 5.41) is 0. The van der Waals surface area contributed by atoms with Gasteiger partial charge >= 0.3 is 0 Å². The van der Waals surface area contributed by atoms with Gasteiger partial charge in [-0.1, -0.05) is 19.4 Å². The molecule has 1 aliphatic rings. The van der Waals surface area contributed by atoms with Crippen molar-refractivity contribution in [2.24, 2.45) is 17.6 Å². The van der Waals surface area contributed by atoms with Crippen LogP contribution in [0.3, 0.4) is 0 Å². The van der Waals surface area contributed by atoms with Crippen LogP contribution in [0.25, 0.3) is 0 Å². The molecule has 0 aromatic heterocycles. The standard InChI is InChI=1S/C16H25NO/c1-10-5-6-13(8-10)16(17)15-12(3)7-11(2)9-14(15)18-4/h7,9-10,13,16H,5-6,8,17H2,1-4H3. The largest absolute Gasteiger partial charge is 0.496 e. The highest BCUT2D eigenvalue weighted by Gasteiger charge is 2.29. The van der Waals surface area contributed by atoms with Gasteiger partial charge in [-0.2, -0.15) is 0 Å². The Hall–Kier alpha value is -1.02. The zero-order valence-corrected chi connectivity index (χ0v) is 12.0. The van der Waals surface area contributed by atoms with E-state index >= 15 is 0 Å². The molecule has 18 heavy (non-hydrogen) atoms. The molecule has 0 aliphatic heterocycles. The van der Waals surface area contributed by atoms with Gasteiger partial charge in [0.2, 0.25) is 0 Å². The maximum Gasteiger partial charge on any atom is 0.124 e. The molecule has 3 unspecified atom stereocenters. The lowest BCUT2D eigenvalue weighted by molar-refractivity contribution is 0.379. The molecule has 1 saturated carbocycles. The van der Waals surface area contributed by atoms with Crippen molar-refractivity contribution in [1.82, 2.24) is 0 Å². The number of hydrogen-bond donors (Lipinski definition) is 1. The summed E-state index contributed by atoms with van der Waals surface area (Å²) in [6, 6.07) is 4.42. The minimum atomic E-state index is 0.116. The molecule has 2 rings (SSSR count). The molecule has 100 valence electrons. The zero-order valence-electron chi connectivity index (χ0n) is 12.0. The first kappa shape index (κ1) is 13.4. The molecule has 2 nitrogen and oxygen atoms in total. The van der Waals surface area contributed by atoms with Crippen LogP contribution in [0.2, 0.25) is 0 Å². The molecule has 0 bridgehead atoms. The van der Waals surface area contributed by atoms with Crippen molar-refractivity contribution in [2.45, 2.75) is 46.1 Å². The van der Waals surface area contributed by atoms with Gasteiger partial charge in [0, 0.05) is 11.6 Å². The summed E-state index contributed by atoms with van der Waals surface area (Å²) in [7, 11) is 1.74. The first-order valence-corrected chi connectivity index (χ1v) is 6.93. The fourth-order valence-electron chi connectivity index (χ4n) is 3.35. The van der Waals surface area contributed by atoms with Gasteiger partial charge in [0.15, 0.2) is 0 Å². The Morgan fingerprint density at radius 1 is 1.28 bits per heavy atom. The summed E-state index contributed by atoms with van der Waals surface area (Å²) in [6.45, 7) is 6.57. The summed E-state index contributed by atoms with van der Waals surface area (Å²) in [4.78, 5) is 0. The lowest BCUT2D eigenvalue weighted by Gasteiger charge is -2.24. The Kier molecular flexibility index (Phi) is 3.96. The lowest BCUT2D eigenvalue weighted by atomic mass is 9.88. The van der Waals surface area contributed by atoms with E-state index in [-0.39, 0.29) is 6.04 Å². The molecule has 0 radical (unpaired) electrons. The monoisotopic (exact) mass is 247 g/mol. The van der Waals surface area contributed by atoms with Gasteiger partial charge in [0.1, 0.15) is 5.75 Å². The minimum absolute atomic E-state index is 0.116. The van der Waals surface area contributed by atoms with E-state index in [9.17, 15) is 0 Å². The molecule has 1 aliphatic carbocycles. The predicted molar refractivity (Wildman–Crippen MR) is 75.9 cm³/mol. The van der Waals surface area contributed by atoms with Crippen LogP contribution in [-0.4, -0.2) is 7.11 Å². The van der Waals surface area contributed by atoms with E-state index < -0.39 is 0 Å². The van der Waals surface area contributed by atoms with Crippen molar-refractivity contribution in [2.75, 3.05) is 7.11 Å². The third-order valence-electron chi connectivity index (χ3n) is 4.29. The van der Waals surface area contributed by atoms with Crippen molar-refractivity contribution in [1.29, 1.82) is 0 Å². The highest BCUT2D eigenvalue weighted by Crippen LogP contribution is 2.41. The smallest absolute Gasteiger partial charge is 0.124 e. The Labute approximate surface area is 111 Å². The van der Waals surface area contributed by atoms with Crippen LogP contribution >= 0.6 is 0 Å². The molecule has 1 fully saturated rings. The SMILES string of the molecule is COc1cc(C)cc(C)c1C(N)C1CCC(C)C1. The first-order chi connectivity index (χ1) is 8.52. The first-order valence-electron chi connectivity index (χ1n) is 6.93. The third-order valence-corrected chi connectivity index (χ3v) is 4.29. The van der Waals surface area contributed by atoms with Gasteiger partial charge in [-0.05, 0) is 55.7 Å². The molecule has 0 spiro atoms. The molecule has 1 aromatic carbocycles. The quantitative estimate of drug-likeness (QED) is 0.883. The van der Waals surface area contributed by atoms with E-state index in [1.54, 1.807) is 7.11 Å². The molecule has 0 saturated heterocycles. The van der Waals surface area contributed by atoms with Crippen molar-refractivity contribution < 1.29 is 4.74 Å². The number of methoxy groups -OCH3 is 1. The van der Waals surface area contributed by atoms with Crippen LogP contribution in [0.4, 0.5) is 0 Å². The fourth-order valence-corrected chi connectivity index (χ4v) is 3.35. The van der Waals surface area contributed by atoms with E-state index in [2.05, 4.69) is 32.9 Å². The van der Waals surface area contributed by atoms with Crippen LogP contribution in [0, 0.1) is 25.7 Å². The third kappa shape index (κ3) is 2.54.